The van der Waals surface area contributed by atoms with Gasteiger partial charge in [-0.15, -0.1) is 0 Å². The molecule has 4 rings (SSSR count). The van der Waals surface area contributed by atoms with E-state index in [1.807, 2.05) is 24.3 Å². The van der Waals surface area contributed by atoms with Crippen molar-refractivity contribution in [3.63, 3.8) is 0 Å². The van der Waals surface area contributed by atoms with Crippen molar-refractivity contribution in [2.45, 2.75) is 11.3 Å². The monoisotopic (exact) mass is 476 g/mol. The number of halogens is 2. The van der Waals surface area contributed by atoms with Gasteiger partial charge in [-0.3, -0.25) is 9.10 Å². The normalized spacial score (nSPS) is 13.0. The Balaban J connectivity index is 1.40. The van der Waals surface area contributed by atoms with Crippen LogP contribution in [0.1, 0.15) is 5.56 Å². The van der Waals surface area contributed by atoms with Gasteiger partial charge in [-0.05, 0) is 60.5 Å². The minimum Gasteiger partial charge on any atom is -0.484 e. The molecule has 1 amide bonds. The van der Waals surface area contributed by atoms with Crippen LogP contribution in [0.5, 0.6) is 5.75 Å². The number of hydrogen-bond acceptors (Lipinski definition) is 4. The minimum atomic E-state index is -3.68. The number of benzene rings is 3. The Kier molecular flexibility index (Phi) is 6.09. The number of para-hydroxylation sites is 1. The third-order valence-corrected chi connectivity index (χ3v) is 7.22. The van der Waals surface area contributed by atoms with Gasteiger partial charge in [-0.1, -0.05) is 41.4 Å². The lowest BCUT2D eigenvalue weighted by Crippen LogP contribution is -2.29. The predicted molar refractivity (Wildman–Crippen MR) is 122 cm³/mol. The average molecular weight is 477 g/mol. The summed E-state index contributed by atoms with van der Waals surface area (Å²) in [5.74, 6) is -0.0531. The molecule has 6 nitrogen and oxygen atoms in total. The van der Waals surface area contributed by atoms with Crippen molar-refractivity contribution < 1.29 is 17.9 Å². The number of anilines is 2. The molecule has 160 valence electrons. The number of carbonyl (C=O) groups excluding carboxylic acids is 1. The number of nitrogens with one attached hydrogen (secondary N) is 1. The van der Waals surface area contributed by atoms with Gasteiger partial charge >= 0.3 is 0 Å². The number of sulfonamides is 1. The van der Waals surface area contributed by atoms with E-state index in [1.165, 1.54) is 34.6 Å². The molecular formula is C22H18Cl2N2O4S. The highest BCUT2D eigenvalue weighted by Gasteiger charge is 2.30. The molecule has 0 atom stereocenters. The van der Waals surface area contributed by atoms with Crippen LogP contribution in [0.3, 0.4) is 0 Å². The van der Waals surface area contributed by atoms with Crippen molar-refractivity contribution >= 4 is 50.5 Å². The van der Waals surface area contributed by atoms with Crippen LogP contribution in [0.15, 0.2) is 71.6 Å². The number of rotatable bonds is 6. The summed E-state index contributed by atoms with van der Waals surface area (Å²) in [6.45, 7) is 0.139. The van der Waals surface area contributed by atoms with Gasteiger partial charge in [0.15, 0.2) is 6.61 Å². The standard InChI is InChI=1S/C22H18Cl2N2O4S/c23-16-5-10-19(24)20(13-16)25-22(27)14-30-17-6-8-18(9-7-17)31(28,29)26-12-11-15-3-1-2-4-21(15)26/h1-10,13H,11-12,14H2,(H,25,27). The average Bonchev–Trinajstić information content (AvgIpc) is 3.20. The zero-order valence-electron chi connectivity index (χ0n) is 16.2. The molecule has 1 N–H and O–H groups in total. The summed E-state index contributed by atoms with van der Waals surface area (Å²) in [6, 6.07) is 18.2. The highest BCUT2D eigenvalue weighted by atomic mass is 35.5. The third kappa shape index (κ3) is 4.63. The highest BCUT2D eigenvalue weighted by Crippen LogP contribution is 2.33. The number of nitrogens with zero attached hydrogens (tertiary/aromatic N) is 1. The first kappa shape index (κ1) is 21.5. The lowest BCUT2D eigenvalue weighted by Gasteiger charge is -2.19. The van der Waals surface area contributed by atoms with Gasteiger partial charge in [-0.2, -0.15) is 0 Å². The minimum absolute atomic E-state index is 0.159. The SMILES string of the molecule is O=C(COc1ccc(S(=O)(=O)N2CCc3ccccc32)cc1)Nc1cc(Cl)ccc1Cl. The summed E-state index contributed by atoms with van der Waals surface area (Å²) in [7, 11) is -3.68. The quantitative estimate of drug-likeness (QED) is 0.556. The van der Waals surface area contributed by atoms with E-state index >= 15 is 0 Å². The van der Waals surface area contributed by atoms with E-state index in [1.54, 1.807) is 12.1 Å². The van der Waals surface area contributed by atoms with E-state index in [-0.39, 0.29) is 11.5 Å². The molecule has 3 aromatic carbocycles. The second kappa shape index (κ2) is 8.78. The van der Waals surface area contributed by atoms with Gasteiger partial charge in [-0.25, -0.2) is 8.42 Å². The van der Waals surface area contributed by atoms with Crippen molar-refractivity contribution in [2.24, 2.45) is 0 Å². The van der Waals surface area contributed by atoms with Crippen molar-refractivity contribution in [1.29, 1.82) is 0 Å². The highest BCUT2D eigenvalue weighted by molar-refractivity contribution is 7.92. The van der Waals surface area contributed by atoms with E-state index in [0.717, 1.165) is 5.56 Å². The summed E-state index contributed by atoms with van der Waals surface area (Å²) < 4.78 is 32.9. The number of hydrogen-bond donors (Lipinski definition) is 1. The predicted octanol–water partition coefficient (Wildman–Crippen LogP) is 4.76. The molecular weight excluding hydrogens is 459 g/mol. The number of carbonyl (C=O) groups is 1. The number of fused-ring (bicyclic) bond motifs is 1. The summed E-state index contributed by atoms with van der Waals surface area (Å²) in [5.41, 5.74) is 2.10. The first-order valence-electron chi connectivity index (χ1n) is 9.43. The molecule has 9 heteroatoms. The molecule has 0 unspecified atom stereocenters. The molecule has 0 aromatic heterocycles. The molecule has 0 fully saturated rings. The van der Waals surface area contributed by atoms with E-state index in [4.69, 9.17) is 27.9 Å². The molecule has 0 radical (unpaired) electrons. The van der Waals surface area contributed by atoms with Gasteiger partial charge in [0.25, 0.3) is 15.9 Å². The van der Waals surface area contributed by atoms with Gasteiger partial charge in [0, 0.05) is 11.6 Å². The lowest BCUT2D eigenvalue weighted by molar-refractivity contribution is -0.118. The number of ether oxygens (including phenoxy) is 1. The van der Waals surface area contributed by atoms with Crippen LogP contribution in [-0.4, -0.2) is 27.5 Å². The maximum atomic E-state index is 13.0. The Hall–Kier alpha value is -2.74. The van der Waals surface area contributed by atoms with E-state index < -0.39 is 15.9 Å². The Bertz CT molecular complexity index is 1230. The summed E-state index contributed by atoms with van der Waals surface area (Å²) >= 11 is 11.9. The zero-order chi connectivity index (χ0) is 22.0. The summed E-state index contributed by atoms with van der Waals surface area (Å²) in [5, 5.41) is 3.42. The molecule has 1 heterocycles. The second-order valence-electron chi connectivity index (χ2n) is 6.89. The fourth-order valence-corrected chi connectivity index (χ4v) is 5.16. The van der Waals surface area contributed by atoms with Gasteiger partial charge in [0.05, 0.1) is 21.3 Å². The Morgan fingerprint density at radius 3 is 2.55 bits per heavy atom. The maximum absolute atomic E-state index is 13.0. The van der Waals surface area contributed by atoms with Crippen LogP contribution in [0, 0.1) is 0 Å². The van der Waals surface area contributed by atoms with Gasteiger partial charge < -0.3 is 10.1 Å². The van der Waals surface area contributed by atoms with Crippen molar-refractivity contribution in [2.75, 3.05) is 22.8 Å². The molecule has 0 saturated carbocycles. The molecule has 31 heavy (non-hydrogen) atoms. The van der Waals surface area contributed by atoms with E-state index in [2.05, 4.69) is 5.32 Å². The first-order chi connectivity index (χ1) is 14.8. The smallest absolute Gasteiger partial charge is 0.264 e. The molecule has 0 spiro atoms. The topological polar surface area (TPSA) is 75.7 Å². The van der Waals surface area contributed by atoms with Crippen LogP contribution in [0.2, 0.25) is 10.0 Å². The van der Waals surface area contributed by atoms with E-state index in [0.29, 0.717) is 40.1 Å². The fourth-order valence-electron chi connectivity index (χ4n) is 3.32. The van der Waals surface area contributed by atoms with Crippen molar-refractivity contribution in [3.05, 3.63) is 82.3 Å². The molecule has 1 aliphatic heterocycles. The maximum Gasteiger partial charge on any atom is 0.264 e. The largest absolute Gasteiger partial charge is 0.484 e. The third-order valence-electron chi connectivity index (χ3n) is 4.83. The Morgan fingerprint density at radius 2 is 1.77 bits per heavy atom. The van der Waals surface area contributed by atoms with Crippen molar-refractivity contribution in [1.82, 2.24) is 0 Å². The second-order valence-corrected chi connectivity index (χ2v) is 9.59. The van der Waals surface area contributed by atoms with Crippen LogP contribution >= 0.6 is 23.2 Å². The zero-order valence-corrected chi connectivity index (χ0v) is 18.5. The summed E-state index contributed by atoms with van der Waals surface area (Å²) in [4.78, 5) is 12.3. The Morgan fingerprint density at radius 1 is 1.03 bits per heavy atom. The van der Waals surface area contributed by atoms with Crippen LogP contribution < -0.4 is 14.4 Å². The molecule has 0 saturated heterocycles. The molecule has 3 aromatic rings. The number of amides is 1. The molecule has 1 aliphatic rings. The van der Waals surface area contributed by atoms with Gasteiger partial charge in [0.2, 0.25) is 0 Å². The fraction of sp³-hybridized carbons (Fsp3) is 0.136. The van der Waals surface area contributed by atoms with Gasteiger partial charge in [0.1, 0.15) is 5.75 Å². The molecule has 0 aliphatic carbocycles. The summed E-state index contributed by atoms with van der Waals surface area (Å²) in [6.07, 6.45) is 0.683. The lowest BCUT2D eigenvalue weighted by atomic mass is 10.2. The molecule has 0 bridgehead atoms. The van der Waals surface area contributed by atoms with Crippen LogP contribution in [-0.2, 0) is 21.2 Å². The van der Waals surface area contributed by atoms with Crippen LogP contribution in [0.25, 0.3) is 0 Å². The van der Waals surface area contributed by atoms with E-state index in [9.17, 15) is 13.2 Å². The van der Waals surface area contributed by atoms with Crippen LogP contribution in [0.4, 0.5) is 11.4 Å². The Labute approximate surface area is 190 Å². The van der Waals surface area contributed by atoms with Crippen molar-refractivity contribution in [3.8, 4) is 5.75 Å². The first-order valence-corrected chi connectivity index (χ1v) is 11.6.